The third kappa shape index (κ3) is 4.06. The van der Waals surface area contributed by atoms with Gasteiger partial charge in [-0.2, -0.15) is 0 Å². The van der Waals surface area contributed by atoms with Gasteiger partial charge in [-0.05, 0) is 30.4 Å². The molecular weight excluding hydrogens is 260 g/mol. The average molecular weight is 290 g/mol. The molecule has 1 aliphatic rings. The topological polar surface area (TPSA) is 38.5 Å². The molecule has 1 aromatic carbocycles. The predicted molar refractivity (Wildman–Crippen MR) is 88.5 cm³/mol. The van der Waals surface area contributed by atoms with Crippen molar-refractivity contribution in [3.8, 4) is 0 Å². The van der Waals surface area contributed by atoms with E-state index in [1.807, 2.05) is 0 Å². The van der Waals surface area contributed by atoms with Crippen molar-refractivity contribution in [2.45, 2.75) is 58.2 Å². The van der Waals surface area contributed by atoms with Gasteiger partial charge in [-0.1, -0.05) is 45.0 Å². The Bertz CT molecular complexity index is 447. The van der Waals surface area contributed by atoms with E-state index in [4.69, 9.17) is 10.5 Å². The molecule has 2 atom stereocenters. The lowest BCUT2D eigenvalue weighted by Crippen LogP contribution is -2.49. The number of morpholine rings is 1. The molecule has 1 aliphatic heterocycles. The second-order valence-electron chi connectivity index (χ2n) is 7.40. The lowest BCUT2D eigenvalue weighted by Gasteiger charge is -2.38. The SMILES string of the molecule is CC(C)N1CCOC(C(N)c2ccc(C(C)(C)C)cc2)C1. The lowest BCUT2D eigenvalue weighted by atomic mass is 9.86. The summed E-state index contributed by atoms with van der Waals surface area (Å²) in [6.07, 6.45) is 0.0848. The molecule has 2 unspecified atom stereocenters. The molecule has 0 saturated carbocycles. The van der Waals surface area contributed by atoms with Gasteiger partial charge in [0.1, 0.15) is 0 Å². The van der Waals surface area contributed by atoms with Crippen molar-refractivity contribution in [2.75, 3.05) is 19.7 Å². The zero-order valence-electron chi connectivity index (χ0n) is 14.1. The fraction of sp³-hybridized carbons (Fsp3) is 0.667. The van der Waals surface area contributed by atoms with E-state index >= 15 is 0 Å². The Morgan fingerprint density at radius 2 is 1.81 bits per heavy atom. The van der Waals surface area contributed by atoms with Crippen LogP contribution in [0.5, 0.6) is 0 Å². The Morgan fingerprint density at radius 3 is 2.33 bits per heavy atom. The quantitative estimate of drug-likeness (QED) is 0.929. The summed E-state index contributed by atoms with van der Waals surface area (Å²) >= 11 is 0. The highest BCUT2D eigenvalue weighted by Crippen LogP contribution is 2.26. The third-order valence-electron chi connectivity index (χ3n) is 4.42. The number of hydrogen-bond donors (Lipinski definition) is 1. The summed E-state index contributed by atoms with van der Waals surface area (Å²) in [4.78, 5) is 2.44. The number of benzene rings is 1. The number of ether oxygens (including phenoxy) is 1. The van der Waals surface area contributed by atoms with E-state index in [1.54, 1.807) is 0 Å². The number of hydrogen-bond acceptors (Lipinski definition) is 3. The molecule has 0 aliphatic carbocycles. The second-order valence-corrected chi connectivity index (χ2v) is 7.40. The van der Waals surface area contributed by atoms with Crippen LogP contribution in [0, 0.1) is 0 Å². The van der Waals surface area contributed by atoms with Gasteiger partial charge >= 0.3 is 0 Å². The van der Waals surface area contributed by atoms with Crippen LogP contribution in [0.15, 0.2) is 24.3 Å². The van der Waals surface area contributed by atoms with Gasteiger partial charge in [0, 0.05) is 19.1 Å². The van der Waals surface area contributed by atoms with Crippen LogP contribution in [0.25, 0.3) is 0 Å². The Kier molecular flexibility index (Phi) is 5.07. The van der Waals surface area contributed by atoms with E-state index < -0.39 is 0 Å². The summed E-state index contributed by atoms with van der Waals surface area (Å²) in [6.45, 7) is 13.8. The summed E-state index contributed by atoms with van der Waals surface area (Å²) in [7, 11) is 0. The van der Waals surface area contributed by atoms with Crippen molar-refractivity contribution >= 4 is 0 Å². The van der Waals surface area contributed by atoms with Gasteiger partial charge in [-0.15, -0.1) is 0 Å². The number of nitrogens with zero attached hydrogens (tertiary/aromatic N) is 1. The Balaban J connectivity index is 2.07. The number of nitrogens with two attached hydrogens (primary N) is 1. The molecule has 3 nitrogen and oxygen atoms in total. The van der Waals surface area contributed by atoms with Crippen molar-refractivity contribution in [3.63, 3.8) is 0 Å². The van der Waals surface area contributed by atoms with Crippen LogP contribution >= 0.6 is 0 Å². The van der Waals surface area contributed by atoms with Gasteiger partial charge in [0.2, 0.25) is 0 Å². The molecule has 0 radical (unpaired) electrons. The molecule has 0 aromatic heterocycles. The van der Waals surface area contributed by atoms with Gasteiger partial charge < -0.3 is 10.5 Å². The normalized spacial score (nSPS) is 22.5. The molecular formula is C18H30N2O. The monoisotopic (exact) mass is 290 g/mol. The Labute approximate surface area is 129 Å². The zero-order chi connectivity index (χ0) is 15.6. The fourth-order valence-electron chi connectivity index (χ4n) is 2.80. The van der Waals surface area contributed by atoms with Gasteiger partial charge in [0.05, 0.1) is 18.8 Å². The summed E-state index contributed by atoms with van der Waals surface area (Å²) in [5.74, 6) is 0. The van der Waals surface area contributed by atoms with Crippen molar-refractivity contribution in [1.82, 2.24) is 4.90 Å². The molecule has 2 rings (SSSR count). The molecule has 2 N–H and O–H groups in total. The minimum absolute atomic E-state index is 0.0550. The summed E-state index contributed by atoms with van der Waals surface area (Å²) in [5.41, 5.74) is 9.12. The molecule has 1 aromatic rings. The second kappa shape index (κ2) is 6.47. The van der Waals surface area contributed by atoms with E-state index in [1.165, 1.54) is 11.1 Å². The lowest BCUT2D eigenvalue weighted by molar-refractivity contribution is -0.0502. The van der Waals surface area contributed by atoms with Crippen molar-refractivity contribution in [2.24, 2.45) is 5.73 Å². The highest BCUT2D eigenvalue weighted by Gasteiger charge is 2.28. The van der Waals surface area contributed by atoms with Gasteiger partial charge in [0.25, 0.3) is 0 Å². The minimum atomic E-state index is -0.0550. The molecule has 0 amide bonds. The van der Waals surface area contributed by atoms with Crippen LogP contribution < -0.4 is 5.73 Å². The molecule has 1 fully saturated rings. The average Bonchev–Trinajstić information content (AvgIpc) is 2.46. The first-order valence-corrected chi connectivity index (χ1v) is 8.00. The van der Waals surface area contributed by atoms with Crippen LogP contribution in [0.4, 0.5) is 0 Å². The molecule has 1 saturated heterocycles. The maximum Gasteiger partial charge on any atom is 0.0894 e. The van der Waals surface area contributed by atoms with Crippen LogP contribution in [-0.2, 0) is 10.2 Å². The third-order valence-corrected chi connectivity index (χ3v) is 4.42. The Hall–Kier alpha value is -0.900. The van der Waals surface area contributed by atoms with Crippen LogP contribution in [0.1, 0.15) is 51.8 Å². The molecule has 1 heterocycles. The summed E-state index contributed by atoms with van der Waals surface area (Å²) in [5, 5.41) is 0. The first-order valence-electron chi connectivity index (χ1n) is 8.00. The Morgan fingerprint density at radius 1 is 1.19 bits per heavy atom. The first kappa shape index (κ1) is 16.5. The molecule has 0 bridgehead atoms. The first-order chi connectivity index (χ1) is 9.79. The maximum atomic E-state index is 6.44. The predicted octanol–water partition coefficient (Wildman–Crippen LogP) is 3.09. The van der Waals surface area contributed by atoms with Crippen molar-refractivity contribution < 1.29 is 4.74 Å². The van der Waals surface area contributed by atoms with Crippen LogP contribution in [0.3, 0.4) is 0 Å². The summed E-state index contributed by atoms with van der Waals surface area (Å²) in [6, 6.07) is 9.19. The molecule has 3 heteroatoms. The molecule has 0 spiro atoms. The smallest absolute Gasteiger partial charge is 0.0894 e. The van der Waals surface area contributed by atoms with Gasteiger partial charge in [-0.3, -0.25) is 4.90 Å². The minimum Gasteiger partial charge on any atom is -0.374 e. The number of rotatable bonds is 3. The van der Waals surface area contributed by atoms with Gasteiger partial charge in [-0.25, -0.2) is 0 Å². The zero-order valence-corrected chi connectivity index (χ0v) is 14.1. The fourth-order valence-corrected chi connectivity index (χ4v) is 2.80. The van der Waals surface area contributed by atoms with E-state index in [0.717, 1.165) is 19.7 Å². The summed E-state index contributed by atoms with van der Waals surface area (Å²) < 4.78 is 5.91. The van der Waals surface area contributed by atoms with Crippen molar-refractivity contribution in [1.29, 1.82) is 0 Å². The largest absolute Gasteiger partial charge is 0.374 e. The highest BCUT2D eigenvalue weighted by atomic mass is 16.5. The van der Waals surface area contributed by atoms with E-state index in [2.05, 4.69) is 63.8 Å². The van der Waals surface area contributed by atoms with Crippen molar-refractivity contribution in [3.05, 3.63) is 35.4 Å². The van der Waals surface area contributed by atoms with E-state index in [9.17, 15) is 0 Å². The van der Waals surface area contributed by atoms with Crippen LogP contribution in [-0.4, -0.2) is 36.7 Å². The standard InChI is InChI=1S/C18H30N2O/c1-13(2)20-10-11-21-16(12-20)17(19)14-6-8-15(9-7-14)18(3,4)5/h6-9,13,16-17H,10-12,19H2,1-5H3. The van der Waals surface area contributed by atoms with E-state index in [-0.39, 0.29) is 17.6 Å². The van der Waals surface area contributed by atoms with Crippen LogP contribution in [0.2, 0.25) is 0 Å². The van der Waals surface area contributed by atoms with Gasteiger partial charge in [0.15, 0.2) is 0 Å². The highest BCUT2D eigenvalue weighted by molar-refractivity contribution is 5.29. The molecule has 118 valence electrons. The molecule has 21 heavy (non-hydrogen) atoms. The van der Waals surface area contributed by atoms with E-state index in [0.29, 0.717) is 6.04 Å². The maximum absolute atomic E-state index is 6.44.